The lowest BCUT2D eigenvalue weighted by Gasteiger charge is -2.12. The topological polar surface area (TPSA) is 114 Å². The van der Waals surface area contributed by atoms with Gasteiger partial charge in [0, 0.05) is 0 Å². The smallest absolute Gasteiger partial charge is 0.346 e. The molecule has 2 N–H and O–H groups in total. The number of fused-ring (bicyclic) bond motifs is 1. The molecule has 0 unspecified atom stereocenters. The number of ketones is 1. The third-order valence-corrected chi connectivity index (χ3v) is 4.66. The minimum absolute atomic E-state index is 0.0202. The molecule has 8 heteroatoms. The number of furan rings is 1. The zero-order chi connectivity index (χ0) is 17.5. The second-order valence-corrected chi connectivity index (χ2v) is 6.45. The van der Waals surface area contributed by atoms with Crippen molar-refractivity contribution in [2.24, 2.45) is 0 Å². The zero-order valence-corrected chi connectivity index (χ0v) is 13.2. The summed E-state index contributed by atoms with van der Waals surface area (Å²) in [6.45, 7) is 1.09. The van der Waals surface area contributed by atoms with Crippen LogP contribution in [0.3, 0.4) is 0 Å². The largest absolute Gasteiger partial charge is 0.506 e. The van der Waals surface area contributed by atoms with Crippen LogP contribution in [0.2, 0.25) is 0 Å². The van der Waals surface area contributed by atoms with E-state index < -0.39 is 37.9 Å². The van der Waals surface area contributed by atoms with Crippen molar-refractivity contribution in [3.63, 3.8) is 0 Å². The molecule has 3 aromatic rings. The first-order chi connectivity index (χ1) is 11.3. The molecule has 2 aromatic carbocycles. The van der Waals surface area contributed by atoms with Gasteiger partial charge in [-0.1, -0.05) is 18.2 Å². The molecule has 24 heavy (non-hydrogen) atoms. The Balaban J connectivity index is 2.29. The minimum atomic E-state index is -4.52. The highest BCUT2D eigenvalue weighted by molar-refractivity contribution is 7.87. The summed E-state index contributed by atoms with van der Waals surface area (Å²) in [6.07, 6.45) is 1.13. The predicted octanol–water partition coefficient (Wildman–Crippen LogP) is 2.81. The molecule has 1 aromatic heterocycles. The van der Waals surface area contributed by atoms with Crippen molar-refractivity contribution in [2.75, 3.05) is 0 Å². The Bertz CT molecular complexity index is 1030. The van der Waals surface area contributed by atoms with Crippen molar-refractivity contribution < 1.29 is 32.0 Å². The van der Waals surface area contributed by atoms with E-state index in [2.05, 4.69) is 0 Å². The summed E-state index contributed by atoms with van der Waals surface area (Å²) in [4.78, 5) is 11.0. The van der Waals surface area contributed by atoms with E-state index in [4.69, 9.17) is 8.60 Å². The summed E-state index contributed by atoms with van der Waals surface area (Å²) in [7, 11) is -4.52. The standard InChI is InChI=1S/C16H12O7S/c1-9(17)12-13(18)11-7-8-22-15(11)16(14(12)19)24(20,21)23-10-5-3-2-4-6-10/h2-8,18-19H,1H3. The van der Waals surface area contributed by atoms with Gasteiger partial charge in [0.1, 0.15) is 17.1 Å². The fourth-order valence-electron chi connectivity index (χ4n) is 2.35. The molecular weight excluding hydrogens is 336 g/mol. The lowest BCUT2D eigenvalue weighted by molar-refractivity contribution is 0.101. The monoisotopic (exact) mass is 348 g/mol. The molecule has 0 spiro atoms. The molecule has 0 aliphatic carbocycles. The number of Topliss-reactive ketones (excluding diaryl/α,β-unsaturated/α-hetero) is 1. The van der Waals surface area contributed by atoms with Crippen LogP contribution in [0, 0.1) is 0 Å². The number of benzene rings is 2. The summed E-state index contributed by atoms with van der Waals surface area (Å²) in [5.74, 6) is -2.15. The first-order valence-corrected chi connectivity index (χ1v) is 8.19. The highest BCUT2D eigenvalue weighted by Crippen LogP contribution is 2.43. The third kappa shape index (κ3) is 2.46. The summed E-state index contributed by atoms with van der Waals surface area (Å²) >= 11 is 0. The number of carbonyl (C=O) groups is 1. The highest BCUT2D eigenvalue weighted by atomic mass is 32.2. The Hall–Kier alpha value is -3.00. The molecule has 0 atom stereocenters. The average Bonchev–Trinajstić information content (AvgIpc) is 2.96. The Morgan fingerprint density at radius 1 is 1.08 bits per heavy atom. The summed E-state index contributed by atoms with van der Waals surface area (Å²) in [5, 5.41) is 20.3. The van der Waals surface area contributed by atoms with Gasteiger partial charge < -0.3 is 18.8 Å². The van der Waals surface area contributed by atoms with Gasteiger partial charge in [0.2, 0.25) is 0 Å². The molecule has 0 saturated heterocycles. The zero-order valence-electron chi connectivity index (χ0n) is 12.4. The summed E-state index contributed by atoms with van der Waals surface area (Å²) in [6, 6.07) is 8.95. The van der Waals surface area contributed by atoms with E-state index in [1.165, 1.54) is 18.2 Å². The fraction of sp³-hybridized carbons (Fsp3) is 0.0625. The van der Waals surface area contributed by atoms with Gasteiger partial charge in [0.15, 0.2) is 22.0 Å². The van der Waals surface area contributed by atoms with Crippen LogP contribution in [-0.2, 0) is 10.1 Å². The highest BCUT2D eigenvalue weighted by Gasteiger charge is 2.32. The van der Waals surface area contributed by atoms with Crippen LogP contribution in [0.25, 0.3) is 11.0 Å². The molecule has 0 saturated carbocycles. The Kier molecular flexibility index (Phi) is 3.69. The van der Waals surface area contributed by atoms with Crippen molar-refractivity contribution in [3.8, 4) is 17.2 Å². The number of rotatable bonds is 4. The Labute approximate surface area is 136 Å². The van der Waals surface area contributed by atoms with E-state index in [-0.39, 0.29) is 16.7 Å². The SMILES string of the molecule is CC(=O)c1c(O)c(S(=O)(=O)Oc2ccccc2)c2occc2c1O. The minimum Gasteiger partial charge on any atom is -0.506 e. The first kappa shape index (κ1) is 15.9. The number of hydrogen-bond donors (Lipinski definition) is 2. The number of phenols is 2. The number of para-hydroxylation sites is 1. The fourth-order valence-corrected chi connectivity index (χ4v) is 3.52. The molecule has 0 aliphatic rings. The lowest BCUT2D eigenvalue weighted by atomic mass is 10.1. The lowest BCUT2D eigenvalue weighted by Crippen LogP contribution is -2.12. The van der Waals surface area contributed by atoms with Crippen molar-refractivity contribution >= 4 is 26.9 Å². The van der Waals surface area contributed by atoms with E-state index in [0.717, 1.165) is 13.2 Å². The van der Waals surface area contributed by atoms with Crippen LogP contribution < -0.4 is 4.18 Å². The van der Waals surface area contributed by atoms with Crippen molar-refractivity contribution in [3.05, 3.63) is 48.2 Å². The van der Waals surface area contributed by atoms with Gasteiger partial charge in [-0.25, -0.2) is 0 Å². The molecule has 1 heterocycles. The van der Waals surface area contributed by atoms with Gasteiger partial charge >= 0.3 is 10.1 Å². The molecule has 3 rings (SSSR count). The summed E-state index contributed by atoms with van der Waals surface area (Å²) < 4.78 is 35.2. The number of carbonyl (C=O) groups excluding carboxylic acids is 1. The van der Waals surface area contributed by atoms with Crippen LogP contribution in [0.1, 0.15) is 17.3 Å². The Morgan fingerprint density at radius 3 is 2.38 bits per heavy atom. The van der Waals surface area contributed by atoms with Crippen LogP contribution in [0.4, 0.5) is 0 Å². The molecule has 7 nitrogen and oxygen atoms in total. The molecule has 0 bridgehead atoms. The first-order valence-electron chi connectivity index (χ1n) is 6.78. The van der Waals surface area contributed by atoms with Gasteiger partial charge in [-0.05, 0) is 25.1 Å². The van der Waals surface area contributed by atoms with Gasteiger partial charge in [-0.3, -0.25) is 4.79 Å². The van der Waals surface area contributed by atoms with E-state index in [0.29, 0.717) is 0 Å². The van der Waals surface area contributed by atoms with Crippen molar-refractivity contribution in [1.82, 2.24) is 0 Å². The third-order valence-electron chi connectivity index (χ3n) is 3.37. The average molecular weight is 348 g/mol. The number of phenolic OH excluding ortho intramolecular Hbond substituents is 2. The molecule has 0 aliphatic heterocycles. The molecule has 0 amide bonds. The van der Waals surface area contributed by atoms with E-state index >= 15 is 0 Å². The maximum Gasteiger partial charge on any atom is 0.346 e. The molecular formula is C16H12O7S. The second-order valence-electron chi connectivity index (χ2n) is 4.97. The van der Waals surface area contributed by atoms with Gasteiger partial charge in [0.05, 0.1) is 11.6 Å². The van der Waals surface area contributed by atoms with Crippen molar-refractivity contribution in [1.29, 1.82) is 0 Å². The van der Waals surface area contributed by atoms with Gasteiger partial charge in [-0.2, -0.15) is 8.42 Å². The van der Waals surface area contributed by atoms with Crippen LogP contribution in [-0.4, -0.2) is 24.4 Å². The summed E-state index contributed by atoms with van der Waals surface area (Å²) in [5.41, 5.74) is -0.815. The number of hydrogen-bond acceptors (Lipinski definition) is 7. The predicted molar refractivity (Wildman–Crippen MR) is 83.8 cm³/mol. The van der Waals surface area contributed by atoms with Crippen LogP contribution in [0.15, 0.2) is 52.0 Å². The van der Waals surface area contributed by atoms with Crippen LogP contribution >= 0.6 is 0 Å². The Morgan fingerprint density at radius 2 is 1.75 bits per heavy atom. The van der Waals surface area contributed by atoms with Crippen molar-refractivity contribution in [2.45, 2.75) is 11.8 Å². The van der Waals surface area contributed by atoms with E-state index in [1.54, 1.807) is 18.2 Å². The quantitative estimate of drug-likeness (QED) is 0.550. The maximum absolute atomic E-state index is 12.6. The van der Waals surface area contributed by atoms with Crippen LogP contribution in [0.5, 0.6) is 17.2 Å². The van der Waals surface area contributed by atoms with Gasteiger partial charge in [0.25, 0.3) is 0 Å². The molecule has 0 fully saturated rings. The molecule has 124 valence electrons. The van der Waals surface area contributed by atoms with E-state index in [9.17, 15) is 23.4 Å². The number of aromatic hydroxyl groups is 2. The normalized spacial score (nSPS) is 11.5. The maximum atomic E-state index is 12.6. The molecule has 0 radical (unpaired) electrons. The van der Waals surface area contributed by atoms with Gasteiger partial charge in [-0.15, -0.1) is 0 Å². The van der Waals surface area contributed by atoms with E-state index in [1.807, 2.05) is 0 Å². The second kappa shape index (κ2) is 5.57.